The summed E-state index contributed by atoms with van der Waals surface area (Å²) in [7, 11) is 0. The summed E-state index contributed by atoms with van der Waals surface area (Å²) in [6.45, 7) is 3.65. The van der Waals surface area contributed by atoms with Crippen LogP contribution < -0.4 is 16.1 Å². The molecule has 2 aromatic heterocycles. The average molecular weight is 426 g/mol. The highest BCUT2D eigenvalue weighted by Crippen LogP contribution is 2.14. The number of carbonyl (C=O) groups is 2. The highest BCUT2D eigenvalue weighted by atomic mass is 16.2. The molecule has 2 amide bonds. The van der Waals surface area contributed by atoms with Crippen molar-refractivity contribution in [3.05, 3.63) is 100.0 Å². The molecule has 0 aliphatic carbocycles. The van der Waals surface area contributed by atoms with Gasteiger partial charge in [-0.2, -0.15) is 0 Å². The molecule has 0 saturated heterocycles. The molecule has 2 aromatic carbocycles. The minimum Gasteiger partial charge on any atom is -0.325 e. The van der Waals surface area contributed by atoms with Gasteiger partial charge in [0.05, 0.1) is 5.39 Å². The number of para-hydroxylation sites is 1. The highest BCUT2D eigenvalue weighted by molar-refractivity contribution is 6.05. The fourth-order valence-electron chi connectivity index (χ4n) is 3.35. The van der Waals surface area contributed by atoms with Crippen molar-refractivity contribution in [1.29, 1.82) is 0 Å². The van der Waals surface area contributed by atoms with Gasteiger partial charge in [-0.25, -0.2) is 4.98 Å². The van der Waals surface area contributed by atoms with Gasteiger partial charge in [-0.3, -0.25) is 14.4 Å². The van der Waals surface area contributed by atoms with Crippen LogP contribution in [0.3, 0.4) is 0 Å². The van der Waals surface area contributed by atoms with E-state index in [1.54, 1.807) is 43.3 Å². The Balaban J connectivity index is 1.70. The summed E-state index contributed by atoms with van der Waals surface area (Å²) in [5, 5.41) is 5.84. The topological polar surface area (TPSA) is 93.1 Å². The smallest absolute Gasteiger partial charge is 0.261 e. The standard InChI is InChI=1S/C25H22N4O3/c1-16-8-11-19(12-9-16)28-25(32)21-14-29(15-22(30)27-18-6-4-3-5-7-18)24-20(23(21)31)13-10-17(2)26-24/h3-14H,15H2,1-2H3,(H,27,30)(H,28,32). The molecule has 4 rings (SSSR count). The third-order valence-electron chi connectivity index (χ3n) is 4.99. The molecule has 0 aliphatic rings. The van der Waals surface area contributed by atoms with Gasteiger partial charge in [0.1, 0.15) is 17.8 Å². The molecule has 7 heteroatoms. The molecule has 32 heavy (non-hydrogen) atoms. The maximum Gasteiger partial charge on any atom is 0.261 e. The lowest BCUT2D eigenvalue weighted by Crippen LogP contribution is -2.27. The molecule has 0 saturated carbocycles. The Morgan fingerprint density at radius 1 is 0.875 bits per heavy atom. The van der Waals surface area contributed by atoms with Crippen molar-refractivity contribution in [2.24, 2.45) is 0 Å². The van der Waals surface area contributed by atoms with E-state index >= 15 is 0 Å². The number of fused-ring (bicyclic) bond motifs is 1. The van der Waals surface area contributed by atoms with Crippen LogP contribution in [-0.2, 0) is 11.3 Å². The van der Waals surface area contributed by atoms with E-state index in [9.17, 15) is 14.4 Å². The van der Waals surface area contributed by atoms with Gasteiger partial charge in [0, 0.05) is 23.3 Å². The Hall–Kier alpha value is -4.26. The Labute approximate surface area is 184 Å². The molecule has 4 aromatic rings. The highest BCUT2D eigenvalue weighted by Gasteiger charge is 2.18. The van der Waals surface area contributed by atoms with E-state index in [-0.39, 0.29) is 23.4 Å². The summed E-state index contributed by atoms with van der Waals surface area (Å²) in [6, 6.07) is 19.7. The van der Waals surface area contributed by atoms with E-state index in [2.05, 4.69) is 15.6 Å². The first-order valence-electron chi connectivity index (χ1n) is 10.1. The molecule has 2 heterocycles. The molecule has 0 atom stereocenters. The number of hydrogen-bond donors (Lipinski definition) is 2. The van der Waals surface area contributed by atoms with Gasteiger partial charge in [-0.15, -0.1) is 0 Å². The van der Waals surface area contributed by atoms with Crippen molar-refractivity contribution in [1.82, 2.24) is 9.55 Å². The van der Waals surface area contributed by atoms with Crippen molar-refractivity contribution in [2.75, 3.05) is 10.6 Å². The number of anilines is 2. The molecule has 0 fully saturated rings. The van der Waals surface area contributed by atoms with Crippen molar-refractivity contribution in [3.8, 4) is 0 Å². The molecule has 0 spiro atoms. The lowest BCUT2D eigenvalue weighted by molar-refractivity contribution is -0.116. The second-order valence-electron chi connectivity index (χ2n) is 7.56. The predicted molar refractivity (Wildman–Crippen MR) is 125 cm³/mol. The van der Waals surface area contributed by atoms with E-state index in [4.69, 9.17) is 0 Å². The minimum absolute atomic E-state index is 0.0590. The zero-order valence-corrected chi connectivity index (χ0v) is 17.8. The van der Waals surface area contributed by atoms with Gasteiger partial charge in [0.25, 0.3) is 5.91 Å². The number of rotatable bonds is 5. The molecular formula is C25H22N4O3. The fourth-order valence-corrected chi connectivity index (χ4v) is 3.35. The molecule has 2 N–H and O–H groups in total. The first kappa shape index (κ1) is 21.0. The number of nitrogens with zero attached hydrogens (tertiary/aromatic N) is 2. The van der Waals surface area contributed by atoms with E-state index in [1.165, 1.54) is 10.8 Å². The first-order chi connectivity index (χ1) is 15.4. The van der Waals surface area contributed by atoms with Crippen molar-refractivity contribution in [3.63, 3.8) is 0 Å². The van der Waals surface area contributed by atoms with E-state index in [0.717, 1.165) is 5.56 Å². The molecule has 0 radical (unpaired) electrons. The Bertz CT molecular complexity index is 1360. The first-order valence-corrected chi connectivity index (χ1v) is 10.1. The largest absolute Gasteiger partial charge is 0.325 e. The van der Waals surface area contributed by atoms with Gasteiger partial charge in [-0.1, -0.05) is 35.9 Å². The number of aryl methyl sites for hydroxylation is 2. The molecule has 160 valence electrons. The van der Waals surface area contributed by atoms with E-state index < -0.39 is 11.3 Å². The third-order valence-corrected chi connectivity index (χ3v) is 4.99. The SMILES string of the molecule is Cc1ccc(NC(=O)c2cn(CC(=O)Nc3ccccc3)c3nc(C)ccc3c2=O)cc1. The number of benzene rings is 2. The lowest BCUT2D eigenvalue weighted by Gasteiger charge is -2.14. The van der Waals surface area contributed by atoms with Gasteiger partial charge in [-0.05, 0) is 50.2 Å². The summed E-state index contributed by atoms with van der Waals surface area (Å²) in [6.07, 6.45) is 1.39. The summed E-state index contributed by atoms with van der Waals surface area (Å²) in [5.74, 6) is -0.840. The van der Waals surface area contributed by atoms with Crippen LogP contribution >= 0.6 is 0 Å². The summed E-state index contributed by atoms with van der Waals surface area (Å²) < 4.78 is 1.53. The predicted octanol–water partition coefficient (Wildman–Crippen LogP) is 3.90. The summed E-state index contributed by atoms with van der Waals surface area (Å²) in [5.41, 5.74) is 2.85. The van der Waals surface area contributed by atoms with Crippen LogP contribution in [0.4, 0.5) is 11.4 Å². The fraction of sp³-hybridized carbons (Fsp3) is 0.120. The van der Waals surface area contributed by atoms with Gasteiger partial charge >= 0.3 is 0 Å². The van der Waals surface area contributed by atoms with Crippen LogP contribution in [0.25, 0.3) is 11.0 Å². The second-order valence-corrected chi connectivity index (χ2v) is 7.56. The number of nitrogens with one attached hydrogen (secondary N) is 2. The van der Waals surface area contributed by atoms with Crippen LogP contribution in [0.2, 0.25) is 0 Å². The molecule has 7 nitrogen and oxygen atoms in total. The number of carbonyl (C=O) groups excluding carboxylic acids is 2. The van der Waals surface area contributed by atoms with Crippen LogP contribution in [-0.4, -0.2) is 21.4 Å². The number of hydrogen-bond acceptors (Lipinski definition) is 4. The van der Waals surface area contributed by atoms with Crippen LogP contribution in [0.1, 0.15) is 21.6 Å². The molecular weight excluding hydrogens is 404 g/mol. The summed E-state index contributed by atoms with van der Waals surface area (Å²) >= 11 is 0. The zero-order chi connectivity index (χ0) is 22.7. The average Bonchev–Trinajstić information content (AvgIpc) is 2.77. The van der Waals surface area contributed by atoms with Crippen molar-refractivity contribution >= 4 is 34.2 Å². The summed E-state index contributed by atoms with van der Waals surface area (Å²) in [4.78, 5) is 43.1. The Kier molecular flexibility index (Phi) is 5.81. The Morgan fingerprint density at radius 2 is 1.56 bits per heavy atom. The third kappa shape index (κ3) is 4.57. The van der Waals surface area contributed by atoms with Gasteiger partial charge in [0.2, 0.25) is 11.3 Å². The normalized spacial score (nSPS) is 10.7. The molecule has 0 aliphatic heterocycles. The van der Waals surface area contributed by atoms with Crippen LogP contribution in [0, 0.1) is 13.8 Å². The Morgan fingerprint density at radius 3 is 2.28 bits per heavy atom. The van der Waals surface area contributed by atoms with Crippen LogP contribution in [0.5, 0.6) is 0 Å². The van der Waals surface area contributed by atoms with Crippen molar-refractivity contribution in [2.45, 2.75) is 20.4 Å². The monoisotopic (exact) mass is 426 g/mol. The molecule has 0 bridgehead atoms. The van der Waals surface area contributed by atoms with Crippen LogP contribution in [0.15, 0.2) is 77.7 Å². The maximum atomic E-state index is 13.0. The number of amides is 2. The second kappa shape index (κ2) is 8.85. The minimum atomic E-state index is -0.543. The zero-order valence-electron chi connectivity index (χ0n) is 17.8. The molecule has 0 unspecified atom stereocenters. The van der Waals surface area contributed by atoms with E-state index in [1.807, 2.05) is 37.3 Å². The van der Waals surface area contributed by atoms with E-state index in [0.29, 0.717) is 22.7 Å². The van der Waals surface area contributed by atoms with Crippen molar-refractivity contribution < 1.29 is 9.59 Å². The number of aromatic nitrogens is 2. The quantitative estimate of drug-likeness (QED) is 0.506. The van der Waals surface area contributed by atoms with Gasteiger partial charge < -0.3 is 15.2 Å². The maximum absolute atomic E-state index is 13.0. The number of pyridine rings is 2. The van der Waals surface area contributed by atoms with Gasteiger partial charge in [0.15, 0.2) is 0 Å². The lowest BCUT2D eigenvalue weighted by atomic mass is 10.1.